The molecule has 0 saturated heterocycles. The van der Waals surface area contributed by atoms with Crippen LogP contribution in [0, 0.1) is 6.92 Å². The molecule has 90 valence electrons. The van der Waals surface area contributed by atoms with Crippen LogP contribution in [0.2, 0.25) is 0 Å². The zero-order chi connectivity index (χ0) is 12.3. The lowest BCUT2D eigenvalue weighted by Crippen LogP contribution is -2.02. The van der Waals surface area contributed by atoms with Crippen molar-refractivity contribution in [3.63, 3.8) is 0 Å². The number of pyridine rings is 1. The zero-order valence-corrected chi connectivity index (χ0v) is 10.4. The van der Waals surface area contributed by atoms with Gasteiger partial charge in [-0.05, 0) is 13.0 Å². The average Bonchev–Trinajstić information content (AvgIpc) is 2.68. The molecule has 5 heteroatoms. The van der Waals surface area contributed by atoms with Crippen molar-refractivity contribution in [2.45, 2.75) is 13.5 Å². The van der Waals surface area contributed by atoms with Crippen LogP contribution < -0.4 is 10.6 Å². The van der Waals surface area contributed by atoms with Crippen molar-refractivity contribution in [1.29, 1.82) is 0 Å². The first kappa shape index (κ1) is 11.4. The summed E-state index contributed by atoms with van der Waals surface area (Å²) in [5.41, 5.74) is 3.43. The predicted octanol–water partition coefficient (Wildman–Crippen LogP) is 1.78. The van der Waals surface area contributed by atoms with Crippen molar-refractivity contribution in [2.75, 3.05) is 17.7 Å². The van der Waals surface area contributed by atoms with Gasteiger partial charge in [-0.25, -0.2) is 4.98 Å². The first-order chi connectivity index (χ1) is 8.20. The molecule has 2 N–H and O–H groups in total. The van der Waals surface area contributed by atoms with Crippen LogP contribution in [0.1, 0.15) is 11.3 Å². The Kier molecular flexibility index (Phi) is 3.27. The molecule has 0 aliphatic carbocycles. The Hall–Kier alpha value is -2.04. The summed E-state index contributed by atoms with van der Waals surface area (Å²) in [6, 6.07) is 3.93. The summed E-state index contributed by atoms with van der Waals surface area (Å²) >= 11 is 0. The van der Waals surface area contributed by atoms with Crippen LogP contribution in [-0.4, -0.2) is 21.8 Å². The van der Waals surface area contributed by atoms with Crippen LogP contribution in [0.3, 0.4) is 0 Å². The van der Waals surface area contributed by atoms with E-state index in [9.17, 15) is 0 Å². The zero-order valence-electron chi connectivity index (χ0n) is 10.4. The van der Waals surface area contributed by atoms with Gasteiger partial charge < -0.3 is 10.6 Å². The van der Waals surface area contributed by atoms with Crippen LogP contribution in [0.4, 0.5) is 11.5 Å². The van der Waals surface area contributed by atoms with E-state index in [4.69, 9.17) is 0 Å². The fourth-order valence-electron chi connectivity index (χ4n) is 1.59. The molecule has 0 aliphatic rings. The maximum atomic E-state index is 4.21. The number of rotatable bonds is 4. The van der Waals surface area contributed by atoms with Crippen molar-refractivity contribution in [1.82, 2.24) is 14.8 Å². The van der Waals surface area contributed by atoms with Crippen molar-refractivity contribution in [3.8, 4) is 0 Å². The Morgan fingerprint density at radius 1 is 1.41 bits per heavy atom. The molecule has 17 heavy (non-hydrogen) atoms. The molecule has 0 aromatic carbocycles. The van der Waals surface area contributed by atoms with Gasteiger partial charge in [0.1, 0.15) is 5.82 Å². The molecular formula is C12H17N5. The molecule has 0 spiro atoms. The number of nitrogens with zero attached hydrogens (tertiary/aromatic N) is 3. The highest BCUT2D eigenvalue weighted by molar-refractivity contribution is 5.51. The fourth-order valence-corrected chi connectivity index (χ4v) is 1.59. The second-order valence-electron chi connectivity index (χ2n) is 3.91. The average molecular weight is 231 g/mol. The van der Waals surface area contributed by atoms with Gasteiger partial charge >= 0.3 is 0 Å². The van der Waals surface area contributed by atoms with Gasteiger partial charge in [0.25, 0.3) is 0 Å². The summed E-state index contributed by atoms with van der Waals surface area (Å²) in [6.07, 6.45) is 3.67. The van der Waals surface area contributed by atoms with Crippen molar-refractivity contribution in [3.05, 3.63) is 35.8 Å². The van der Waals surface area contributed by atoms with E-state index >= 15 is 0 Å². The van der Waals surface area contributed by atoms with Gasteiger partial charge in [-0.3, -0.25) is 4.68 Å². The molecule has 0 bridgehead atoms. The highest BCUT2D eigenvalue weighted by Gasteiger charge is 2.03. The minimum Gasteiger partial charge on any atom is -0.381 e. The van der Waals surface area contributed by atoms with Gasteiger partial charge in [0.15, 0.2) is 0 Å². The molecular weight excluding hydrogens is 214 g/mol. The maximum absolute atomic E-state index is 4.21. The van der Waals surface area contributed by atoms with Gasteiger partial charge in [-0.1, -0.05) is 0 Å². The van der Waals surface area contributed by atoms with Crippen molar-refractivity contribution >= 4 is 11.5 Å². The van der Waals surface area contributed by atoms with E-state index in [-0.39, 0.29) is 0 Å². The monoisotopic (exact) mass is 231 g/mol. The standard InChI is InChI=1S/C12H17N5/c1-9-10(8-16-17(9)3)7-15-11-4-5-14-12(6-11)13-2/h4-6,8H,7H2,1-3H3,(H2,13,14,15). The van der Waals surface area contributed by atoms with Crippen molar-refractivity contribution in [2.24, 2.45) is 7.05 Å². The first-order valence-corrected chi connectivity index (χ1v) is 5.56. The highest BCUT2D eigenvalue weighted by atomic mass is 15.3. The molecule has 0 atom stereocenters. The Labute approximate surface area is 101 Å². The summed E-state index contributed by atoms with van der Waals surface area (Å²) in [5, 5.41) is 10.6. The topological polar surface area (TPSA) is 54.8 Å². The summed E-state index contributed by atoms with van der Waals surface area (Å²) in [7, 11) is 3.81. The Bertz CT molecular complexity index is 503. The third kappa shape index (κ3) is 2.55. The second kappa shape index (κ2) is 4.86. The van der Waals surface area contributed by atoms with E-state index in [2.05, 4.69) is 27.6 Å². The van der Waals surface area contributed by atoms with Gasteiger partial charge in [-0.15, -0.1) is 0 Å². The van der Waals surface area contributed by atoms with E-state index in [0.717, 1.165) is 18.1 Å². The number of hydrogen-bond donors (Lipinski definition) is 2. The van der Waals surface area contributed by atoms with Crippen LogP contribution in [-0.2, 0) is 13.6 Å². The molecule has 2 aromatic heterocycles. The van der Waals surface area contributed by atoms with E-state index in [1.165, 1.54) is 11.3 Å². The van der Waals surface area contributed by atoms with Crippen molar-refractivity contribution < 1.29 is 0 Å². The lowest BCUT2D eigenvalue weighted by molar-refractivity contribution is 0.738. The molecule has 0 unspecified atom stereocenters. The first-order valence-electron chi connectivity index (χ1n) is 5.56. The van der Waals surface area contributed by atoms with E-state index in [0.29, 0.717) is 0 Å². The predicted molar refractivity (Wildman–Crippen MR) is 69.1 cm³/mol. The Balaban J connectivity index is 2.04. The smallest absolute Gasteiger partial charge is 0.127 e. The van der Waals surface area contributed by atoms with E-state index < -0.39 is 0 Å². The fraction of sp³-hybridized carbons (Fsp3) is 0.333. The maximum Gasteiger partial charge on any atom is 0.127 e. The summed E-state index contributed by atoms with van der Waals surface area (Å²) in [6.45, 7) is 2.84. The molecule has 5 nitrogen and oxygen atoms in total. The quantitative estimate of drug-likeness (QED) is 0.842. The lowest BCUT2D eigenvalue weighted by atomic mass is 10.2. The summed E-state index contributed by atoms with van der Waals surface area (Å²) in [5.74, 6) is 0.859. The molecule has 0 amide bonds. The molecule has 0 aliphatic heterocycles. The molecule has 2 rings (SSSR count). The third-order valence-electron chi connectivity index (χ3n) is 2.84. The summed E-state index contributed by atoms with van der Waals surface area (Å²) in [4.78, 5) is 4.17. The van der Waals surface area contributed by atoms with Gasteiger partial charge in [0.05, 0.1) is 6.20 Å². The highest BCUT2D eigenvalue weighted by Crippen LogP contribution is 2.13. The number of anilines is 2. The summed E-state index contributed by atoms with van der Waals surface area (Å²) < 4.78 is 1.88. The number of aryl methyl sites for hydroxylation is 1. The molecule has 2 aromatic rings. The van der Waals surface area contributed by atoms with Gasteiger partial charge in [0.2, 0.25) is 0 Å². The number of aromatic nitrogens is 3. The third-order valence-corrected chi connectivity index (χ3v) is 2.84. The van der Waals surface area contributed by atoms with Gasteiger partial charge in [0, 0.05) is 49.8 Å². The van der Waals surface area contributed by atoms with Gasteiger partial charge in [-0.2, -0.15) is 5.10 Å². The molecule has 0 saturated carbocycles. The van der Waals surface area contributed by atoms with Crippen LogP contribution >= 0.6 is 0 Å². The minimum atomic E-state index is 0.771. The normalized spacial score (nSPS) is 10.3. The van der Waals surface area contributed by atoms with E-state index in [1.807, 2.05) is 37.1 Å². The molecule has 2 heterocycles. The SMILES string of the molecule is CNc1cc(NCc2cnn(C)c2C)ccn1. The van der Waals surface area contributed by atoms with Crippen LogP contribution in [0.5, 0.6) is 0 Å². The molecule has 0 radical (unpaired) electrons. The largest absolute Gasteiger partial charge is 0.381 e. The Morgan fingerprint density at radius 2 is 2.24 bits per heavy atom. The van der Waals surface area contributed by atoms with Crippen LogP contribution in [0.15, 0.2) is 24.5 Å². The number of hydrogen-bond acceptors (Lipinski definition) is 4. The minimum absolute atomic E-state index is 0.771. The lowest BCUT2D eigenvalue weighted by Gasteiger charge is -2.07. The number of nitrogens with one attached hydrogen (secondary N) is 2. The second-order valence-corrected chi connectivity index (χ2v) is 3.91. The molecule has 0 fully saturated rings. The van der Waals surface area contributed by atoms with E-state index in [1.54, 1.807) is 6.20 Å². The Morgan fingerprint density at radius 3 is 2.88 bits per heavy atom. The van der Waals surface area contributed by atoms with Crippen LogP contribution in [0.25, 0.3) is 0 Å².